The van der Waals surface area contributed by atoms with Gasteiger partial charge >= 0.3 is 0 Å². The predicted molar refractivity (Wildman–Crippen MR) is 116 cm³/mol. The van der Waals surface area contributed by atoms with Gasteiger partial charge in [-0.25, -0.2) is 0 Å². The van der Waals surface area contributed by atoms with Crippen LogP contribution in [0.2, 0.25) is 0 Å². The molecule has 4 rings (SSSR count). The Labute approximate surface area is 171 Å². The molecule has 29 heavy (non-hydrogen) atoms. The zero-order chi connectivity index (χ0) is 20.5. The molecule has 1 aliphatic rings. The van der Waals surface area contributed by atoms with Crippen molar-refractivity contribution in [3.63, 3.8) is 0 Å². The molecule has 2 amide bonds. The maximum atomic E-state index is 13.8. The van der Waals surface area contributed by atoms with Crippen LogP contribution in [0.4, 0.5) is 11.4 Å². The van der Waals surface area contributed by atoms with Crippen LogP contribution in [0.1, 0.15) is 28.3 Å². The van der Waals surface area contributed by atoms with Crippen molar-refractivity contribution in [1.29, 1.82) is 0 Å². The van der Waals surface area contributed by atoms with Crippen molar-refractivity contribution < 1.29 is 9.59 Å². The highest BCUT2D eigenvalue weighted by Crippen LogP contribution is 2.36. The van der Waals surface area contributed by atoms with E-state index in [1.165, 1.54) is 0 Å². The van der Waals surface area contributed by atoms with E-state index in [0.717, 1.165) is 33.6 Å². The van der Waals surface area contributed by atoms with Crippen molar-refractivity contribution >= 4 is 23.2 Å². The summed E-state index contributed by atoms with van der Waals surface area (Å²) < 4.78 is 0. The number of amides is 2. The third-order valence-corrected chi connectivity index (χ3v) is 5.46. The second-order valence-electron chi connectivity index (χ2n) is 7.58. The molecule has 1 saturated heterocycles. The first-order valence-corrected chi connectivity index (χ1v) is 9.78. The zero-order valence-corrected chi connectivity index (χ0v) is 16.9. The summed E-state index contributed by atoms with van der Waals surface area (Å²) in [6.07, 6.45) is 0. The Morgan fingerprint density at radius 2 is 1.38 bits per heavy atom. The second kappa shape index (κ2) is 7.55. The SMILES string of the molecule is Cc1ccc(N2C(=O)CN(c3c(C)cccc3C)C(=O)[C@@H]2c2ccccc2)cc1. The van der Waals surface area contributed by atoms with Gasteiger partial charge in [-0.3, -0.25) is 14.5 Å². The lowest BCUT2D eigenvalue weighted by Crippen LogP contribution is -2.56. The maximum Gasteiger partial charge on any atom is 0.255 e. The smallest absolute Gasteiger partial charge is 0.255 e. The molecule has 0 aliphatic carbocycles. The molecule has 0 aromatic heterocycles. The predicted octanol–water partition coefficient (Wildman–Crippen LogP) is 4.73. The van der Waals surface area contributed by atoms with E-state index in [1.54, 1.807) is 9.80 Å². The normalized spacial score (nSPS) is 17.0. The van der Waals surface area contributed by atoms with E-state index in [0.29, 0.717) is 0 Å². The molecule has 0 radical (unpaired) electrons. The summed E-state index contributed by atoms with van der Waals surface area (Å²) in [5.41, 5.74) is 5.46. The third kappa shape index (κ3) is 3.42. The number of piperazine rings is 1. The maximum absolute atomic E-state index is 13.8. The number of benzene rings is 3. The van der Waals surface area contributed by atoms with Crippen LogP contribution in [0.3, 0.4) is 0 Å². The van der Waals surface area contributed by atoms with Gasteiger partial charge in [0.05, 0.1) is 5.69 Å². The lowest BCUT2D eigenvalue weighted by Gasteiger charge is -2.41. The molecule has 0 spiro atoms. The van der Waals surface area contributed by atoms with E-state index in [1.807, 2.05) is 93.6 Å². The van der Waals surface area contributed by atoms with Crippen molar-refractivity contribution in [2.45, 2.75) is 26.8 Å². The molecule has 4 heteroatoms. The van der Waals surface area contributed by atoms with Crippen LogP contribution in [0.5, 0.6) is 0 Å². The number of rotatable bonds is 3. The van der Waals surface area contributed by atoms with Crippen molar-refractivity contribution in [2.75, 3.05) is 16.3 Å². The summed E-state index contributed by atoms with van der Waals surface area (Å²) in [7, 11) is 0. The Morgan fingerprint density at radius 1 is 0.759 bits per heavy atom. The fourth-order valence-corrected chi connectivity index (χ4v) is 4.04. The fraction of sp³-hybridized carbons (Fsp3) is 0.200. The molecule has 1 aliphatic heterocycles. The summed E-state index contributed by atoms with van der Waals surface area (Å²) >= 11 is 0. The van der Waals surface area contributed by atoms with Crippen LogP contribution in [0.15, 0.2) is 72.8 Å². The molecule has 146 valence electrons. The molecular formula is C25H24N2O2. The molecular weight excluding hydrogens is 360 g/mol. The van der Waals surface area contributed by atoms with Crippen LogP contribution in [0, 0.1) is 20.8 Å². The lowest BCUT2D eigenvalue weighted by atomic mass is 9.98. The first-order valence-electron chi connectivity index (χ1n) is 9.78. The number of carbonyl (C=O) groups is 2. The van der Waals surface area contributed by atoms with Gasteiger partial charge in [0.25, 0.3) is 5.91 Å². The highest BCUT2D eigenvalue weighted by molar-refractivity contribution is 6.15. The summed E-state index contributed by atoms with van der Waals surface area (Å²) in [4.78, 5) is 30.4. The van der Waals surface area contributed by atoms with Crippen LogP contribution in [-0.4, -0.2) is 18.4 Å². The van der Waals surface area contributed by atoms with Crippen molar-refractivity contribution in [3.05, 3.63) is 95.1 Å². The van der Waals surface area contributed by atoms with Crippen LogP contribution < -0.4 is 9.80 Å². The minimum atomic E-state index is -0.695. The Morgan fingerprint density at radius 3 is 2.00 bits per heavy atom. The van der Waals surface area contributed by atoms with E-state index < -0.39 is 6.04 Å². The van der Waals surface area contributed by atoms with Gasteiger partial charge in [0.1, 0.15) is 12.6 Å². The van der Waals surface area contributed by atoms with Gasteiger partial charge < -0.3 is 4.90 Å². The van der Waals surface area contributed by atoms with E-state index in [9.17, 15) is 9.59 Å². The quantitative estimate of drug-likeness (QED) is 0.655. The molecule has 0 unspecified atom stereocenters. The van der Waals surface area contributed by atoms with E-state index in [4.69, 9.17) is 0 Å². The molecule has 0 saturated carbocycles. The number of carbonyl (C=O) groups excluding carboxylic acids is 2. The minimum Gasteiger partial charge on any atom is -0.300 e. The van der Waals surface area contributed by atoms with Gasteiger partial charge in [-0.15, -0.1) is 0 Å². The second-order valence-corrected chi connectivity index (χ2v) is 7.58. The number of anilines is 2. The summed E-state index contributed by atoms with van der Waals surface area (Å²) in [6, 6.07) is 22.5. The Bertz CT molecular complexity index is 1040. The van der Waals surface area contributed by atoms with Crippen molar-refractivity contribution in [3.8, 4) is 0 Å². The molecule has 1 heterocycles. The van der Waals surface area contributed by atoms with E-state index in [2.05, 4.69) is 0 Å². The lowest BCUT2D eigenvalue weighted by molar-refractivity contribution is -0.128. The standard InChI is InChI=1S/C25H24N2O2/c1-17-12-14-21(15-13-17)27-22(28)16-26(23-18(2)8-7-9-19(23)3)25(29)24(27)20-10-5-4-6-11-20/h4-15,24H,16H2,1-3H3/t24-/m0/s1. The van der Waals surface area contributed by atoms with Crippen molar-refractivity contribution in [2.24, 2.45) is 0 Å². The fourth-order valence-electron chi connectivity index (χ4n) is 4.04. The average Bonchev–Trinajstić information content (AvgIpc) is 2.71. The number of nitrogens with zero attached hydrogens (tertiary/aromatic N) is 2. The number of hydrogen-bond acceptors (Lipinski definition) is 2. The van der Waals surface area contributed by atoms with Gasteiger partial charge in [-0.1, -0.05) is 66.2 Å². The molecule has 0 bridgehead atoms. The monoisotopic (exact) mass is 384 g/mol. The van der Waals surface area contributed by atoms with Gasteiger partial charge in [0.2, 0.25) is 5.91 Å². The topological polar surface area (TPSA) is 40.6 Å². The van der Waals surface area contributed by atoms with Gasteiger partial charge in [0.15, 0.2) is 0 Å². The Kier molecular flexibility index (Phi) is 4.93. The molecule has 0 N–H and O–H groups in total. The molecule has 3 aromatic carbocycles. The summed E-state index contributed by atoms with van der Waals surface area (Å²) in [5.74, 6) is -0.182. The van der Waals surface area contributed by atoms with Gasteiger partial charge in [0, 0.05) is 5.69 Å². The highest BCUT2D eigenvalue weighted by atomic mass is 16.2. The average molecular weight is 384 g/mol. The van der Waals surface area contributed by atoms with E-state index >= 15 is 0 Å². The number of hydrogen-bond donors (Lipinski definition) is 0. The molecule has 3 aromatic rings. The molecule has 1 atom stereocenters. The summed E-state index contributed by atoms with van der Waals surface area (Å²) in [5, 5.41) is 0. The zero-order valence-electron chi connectivity index (χ0n) is 16.9. The Balaban J connectivity index is 1.84. The number of aryl methyl sites for hydroxylation is 3. The molecule has 1 fully saturated rings. The first-order chi connectivity index (χ1) is 14.0. The van der Waals surface area contributed by atoms with Crippen LogP contribution in [-0.2, 0) is 9.59 Å². The molecule has 4 nitrogen and oxygen atoms in total. The Hall–Kier alpha value is -3.40. The van der Waals surface area contributed by atoms with Crippen molar-refractivity contribution in [1.82, 2.24) is 0 Å². The summed E-state index contributed by atoms with van der Waals surface area (Å²) in [6.45, 7) is 5.99. The highest BCUT2D eigenvalue weighted by Gasteiger charge is 2.42. The van der Waals surface area contributed by atoms with Gasteiger partial charge in [-0.2, -0.15) is 0 Å². The van der Waals surface area contributed by atoms with E-state index in [-0.39, 0.29) is 18.4 Å². The van der Waals surface area contributed by atoms with Crippen LogP contribution >= 0.6 is 0 Å². The first kappa shape index (κ1) is 18.9. The van der Waals surface area contributed by atoms with Crippen LogP contribution in [0.25, 0.3) is 0 Å². The van der Waals surface area contributed by atoms with Gasteiger partial charge in [-0.05, 0) is 49.6 Å². The number of para-hydroxylation sites is 1. The minimum absolute atomic E-state index is 0.0295. The third-order valence-electron chi connectivity index (χ3n) is 5.46. The largest absolute Gasteiger partial charge is 0.300 e.